The molecule has 20 heavy (non-hydrogen) atoms. The van der Waals surface area contributed by atoms with Gasteiger partial charge in [0.1, 0.15) is 24.0 Å². The normalized spacial score (nSPS) is 10.1. The summed E-state index contributed by atoms with van der Waals surface area (Å²) in [7, 11) is 0. The topological polar surface area (TPSA) is 59.0 Å². The van der Waals surface area contributed by atoms with Crippen LogP contribution in [-0.4, -0.2) is 0 Å². The summed E-state index contributed by atoms with van der Waals surface area (Å²) in [4.78, 5) is 0. The highest BCUT2D eigenvalue weighted by atomic mass is 19.1. The molecule has 2 aromatic carbocycles. The van der Waals surface area contributed by atoms with Crippen LogP contribution in [0, 0.1) is 23.0 Å². The van der Waals surface area contributed by atoms with Gasteiger partial charge in [0.15, 0.2) is 0 Å². The van der Waals surface area contributed by atoms with E-state index >= 15 is 0 Å². The Bertz CT molecular complexity index is 665. The zero-order valence-corrected chi connectivity index (χ0v) is 10.6. The van der Waals surface area contributed by atoms with Crippen molar-refractivity contribution in [3.8, 4) is 11.8 Å². The van der Waals surface area contributed by atoms with Gasteiger partial charge in [-0.15, -0.1) is 0 Å². The van der Waals surface area contributed by atoms with E-state index in [0.29, 0.717) is 16.9 Å². The van der Waals surface area contributed by atoms with Gasteiger partial charge in [-0.25, -0.2) is 8.78 Å². The SMILES string of the molecule is N#Cc1ccc(F)c(COc2ccc(F)cc2CN)c1. The van der Waals surface area contributed by atoms with E-state index in [1.54, 1.807) is 0 Å². The molecule has 0 bridgehead atoms. The smallest absolute Gasteiger partial charge is 0.129 e. The minimum Gasteiger partial charge on any atom is -0.488 e. The highest BCUT2D eigenvalue weighted by Gasteiger charge is 2.08. The maximum Gasteiger partial charge on any atom is 0.129 e. The molecule has 0 aliphatic heterocycles. The molecule has 2 aromatic rings. The number of ether oxygens (including phenoxy) is 1. The largest absolute Gasteiger partial charge is 0.488 e. The van der Waals surface area contributed by atoms with Gasteiger partial charge in [0.05, 0.1) is 11.6 Å². The summed E-state index contributed by atoms with van der Waals surface area (Å²) in [5.74, 6) is -0.466. The van der Waals surface area contributed by atoms with Gasteiger partial charge in [0.25, 0.3) is 0 Å². The van der Waals surface area contributed by atoms with Gasteiger partial charge in [-0.1, -0.05) is 0 Å². The fourth-order valence-corrected chi connectivity index (χ4v) is 1.76. The van der Waals surface area contributed by atoms with Crippen molar-refractivity contribution in [3.63, 3.8) is 0 Å². The highest BCUT2D eigenvalue weighted by Crippen LogP contribution is 2.21. The van der Waals surface area contributed by atoms with Crippen molar-refractivity contribution >= 4 is 0 Å². The lowest BCUT2D eigenvalue weighted by atomic mass is 10.1. The van der Waals surface area contributed by atoms with Gasteiger partial charge >= 0.3 is 0 Å². The lowest BCUT2D eigenvalue weighted by Gasteiger charge is -2.11. The third-order valence-electron chi connectivity index (χ3n) is 2.80. The number of rotatable bonds is 4. The third kappa shape index (κ3) is 3.11. The molecule has 102 valence electrons. The van der Waals surface area contributed by atoms with Crippen LogP contribution in [0.3, 0.4) is 0 Å². The van der Waals surface area contributed by atoms with Gasteiger partial charge in [-0.3, -0.25) is 0 Å². The molecule has 2 rings (SSSR count). The van der Waals surface area contributed by atoms with E-state index in [0.717, 1.165) is 0 Å². The van der Waals surface area contributed by atoms with Crippen LogP contribution in [-0.2, 0) is 13.2 Å². The van der Waals surface area contributed by atoms with Crippen LogP contribution in [0.2, 0.25) is 0 Å². The van der Waals surface area contributed by atoms with Crippen molar-refractivity contribution in [1.29, 1.82) is 5.26 Å². The quantitative estimate of drug-likeness (QED) is 0.932. The summed E-state index contributed by atoms with van der Waals surface area (Å²) in [6, 6.07) is 9.92. The molecule has 0 radical (unpaired) electrons. The molecular weight excluding hydrogens is 262 g/mol. The van der Waals surface area contributed by atoms with Gasteiger partial charge in [-0.05, 0) is 36.4 Å². The van der Waals surface area contributed by atoms with Crippen molar-refractivity contribution in [2.75, 3.05) is 0 Å². The molecule has 0 fully saturated rings. The Morgan fingerprint density at radius 2 is 1.90 bits per heavy atom. The predicted octanol–water partition coefficient (Wildman–Crippen LogP) is 2.87. The van der Waals surface area contributed by atoms with Crippen LogP contribution in [0.15, 0.2) is 36.4 Å². The molecule has 0 amide bonds. The Kier molecular flexibility index (Phi) is 4.28. The fraction of sp³-hybridized carbons (Fsp3) is 0.133. The first-order valence-corrected chi connectivity index (χ1v) is 5.94. The number of nitrogens with zero attached hydrogens (tertiary/aromatic N) is 1. The minimum atomic E-state index is -0.458. The Hall–Kier alpha value is -2.45. The number of halogens is 2. The molecule has 5 heteroatoms. The van der Waals surface area contributed by atoms with Gasteiger partial charge in [0.2, 0.25) is 0 Å². The summed E-state index contributed by atoms with van der Waals surface area (Å²) in [6.45, 7) is 0.0633. The lowest BCUT2D eigenvalue weighted by Crippen LogP contribution is -2.04. The van der Waals surface area contributed by atoms with Gasteiger partial charge in [0, 0.05) is 17.7 Å². The van der Waals surface area contributed by atoms with Gasteiger partial charge in [-0.2, -0.15) is 5.26 Å². The molecule has 0 aromatic heterocycles. The van der Waals surface area contributed by atoms with Crippen molar-refractivity contribution < 1.29 is 13.5 Å². The second-order valence-electron chi connectivity index (χ2n) is 4.16. The maximum absolute atomic E-state index is 13.6. The zero-order valence-electron chi connectivity index (χ0n) is 10.6. The Morgan fingerprint density at radius 1 is 1.10 bits per heavy atom. The van der Waals surface area contributed by atoms with Crippen LogP contribution in [0.5, 0.6) is 5.75 Å². The number of hydrogen-bond acceptors (Lipinski definition) is 3. The maximum atomic E-state index is 13.6. The first-order valence-electron chi connectivity index (χ1n) is 5.94. The molecule has 0 aliphatic rings. The van der Waals surface area contributed by atoms with Crippen LogP contribution in [0.4, 0.5) is 8.78 Å². The number of hydrogen-bond donors (Lipinski definition) is 1. The minimum absolute atomic E-state index is 0.0556. The third-order valence-corrected chi connectivity index (χ3v) is 2.80. The molecule has 0 heterocycles. The van der Waals surface area contributed by atoms with Crippen LogP contribution < -0.4 is 10.5 Å². The molecule has 2 N–H and O–H groups in total. The van der Waals surface area contributed by atoms with E-state index in [4.69, 9.17) is 15.7 Å². The molecule has 0 spiro atoms. The summed E-state index contributed by atoms with van der Waals surface area (Å²) >= 11 is 0. The Morgan fingerprint density at radius 3 is 2.60 bits per heavy atom. The van der Waals surface area contributed by atoms with E-state index in [-0.39, 0.29) is 18.7 Å². The molecule has 0 aliphatic carbocycles. The molecule has 0 saturated carbocycles. The van der Waals surface area contributed by atoms with Crippen molar-refractivity contribution in [1.82, 2.24) is 0 Å². The average Bonchev–Trinajstić information content (AvgIpc) is 2.47. The first kappa shape index (κ1) is 14.0. The molecule has 3 nitrogen and oxygen atoms in total. The lowest BCUT2D eigenvalue weighted by molar-refractivity contribution is 0.296. The van der Waals surface area contributed by atoms with Crippen molar-refractivity contribution in [2.24, 2.45) is 5.73 Å². The van der Waals surface area contributed by atoms with E-state index in [2.05, 4.69) is 0 Å². The van der Waals surface area contributed by atoms with Crippen molar-refractivity contribution in [2.45, 2.75) is 13.2 Å². The van der Waals surface area contributed by atoms with Crippen LogP contribution >= 0.6 is 0 Å². The highest BCUT2D eigenvalue weighted by molar-refractivity contribution is 5.36. The number of nitrogens with two attached hydrogens (primary N) is 1. The standard InChI is InChI=1S/C15H12F2N2O/c16-13-2-4-15(11(6-13)8-19)20-9-12-5-10(7-18)1-3-14(12)17/h1-6H,8-9,19H2. The zero-order chi connectivity index (χ0) is 14.5. The fourth-order valence-electron chi connectivity index (χ4n) is 1.76. The molecule has 0 unspecified atom stereocenters. The number of benzene rings is 2. The van der Waals surface area contributed by atoms with Crippen molar-refractivity contribution in [3.05, 3.63) is 64.7 Å². The molecular formula is C15H12F2N2O. The molecule has 0 atom stereocenters. The summed E-state index contributed by atoms with van der Waals surface area (Å²) < 4.78 is 32.1. The van der Waals surface area contributed by atoms with E-state index < -0.39 is 11.6 Å². The summed E-state index contributed by atoms with van der Waals surface area (Å²) in [5, 5.41) is 8.78. The summed E-state index contributed by atoms with van der Waals surface area (Å²) in [6.07, 6.45) is 0. The van der Waals surface area contributed by atoms with E-state index in [1.165, 1.54) is 36.4 Å². The second-order valence-corrected chi connectivity index (χ2v) is 4.16. The molecule has 0 saturated heterocycles. The van der Waals surface area contributed by atoms with Gasteiger partial charge < -0.3 is 10.5 Å². The van der Waals surface area contributed by atoms with E-state index in [1.807, 2.05) is 6.07 Å². The Labute approximate surface area is 115 Å². The Balaban J connectivity index is 2.19. The second kappa shape index (κ2) is 6.13. The van der Waals surface area contributed by atoms with Crippen LogP contribution in [0.25, 0.3) is 0 Å². The number of nitriles is 1. The van der Waals surface area contributed by atoms with E-state index in [9.17, 15) is 8.78 Å². The van der Waals surface area contributed by atoms with Crippen LogP contribution in [0.1, 0.15) is 16.7 Å². The predicted molar refractivity (Wildman–Crippen MR) is 69.7 cm³/mol. The monoisotopic (exact) mass is 274 g/mol. The summed E-state index contributed by atoms with van der Waals surface area (Å²) in [5.41, 5.74) is 6.61. The first-order chi connectivity index (χ1) is 9.63. The average molecular weight is 274 g/mol.